The van der Waals surface area contributed by atoms with Crippen molar-refractivity contribution >= 4 is 12.1 Å². The quantitative estimate of drug-likeness (QED) is 0.755. The fourth-order valence-corrected chi connectivity index (χ4v) is 6.84. The molecule has 0 aromatic rings. The molecule has 3 heteroatoms. The molecular weight excluding hydrogens is 288 g/mol. The Hall–Kier alpha value is -0.960. The molecule has 23 heavy (non-hydrogen) atoms. The van der Waals surface area contributed by atoms with E-state index in [0.717, 1.165) is 50.4 Å². The summed E-state index contributed by atoms with van der Waals surface area (Å²) in [6.07, 6.45) is 9.29. The van der Waals surface area contributed by atoms with Crippen LogP contribution in [0.1, 0.15) is 58.8 Å². The average molecular weight is 316 g/mol. The molecule has 0 aromatic carbocycles. The molecule has 4 aliphatic rings. The highest BCUT2D eigenvalue weighted by Gasteiger charge is 2.61. The number of aliphatic hydroxyl groups is 1. The van der Waals surface area contributed by atoms with Crippen molar-refractivity contribution in [1.82, 2.24) is 0 Å². The van der Waals surface area contributed by atoms with E-state index in [1.165, 1.54) is 0 Å². The summed E-state index contributed by atoms with van der Waals surface area (Å²) in [6, 6.07) is 0. The summed E-state index contributed by atoms with van der Waals surface area (Å²) in [5, 5.41) is 10.1. The third-order valence-electron chi connectivity index (χ3n) is 8.09. The first-order valence-corrected chi connectivity index (χ1v) is 9.27. The Balaban J connectivity index is 1.70. The van der Waals surface area contributed by atoms with Crippen LogP contribution in [0, 0.1) is 34.5 Å². The lowest BCUT2D eigenvalue weighted by molar-refractivity contribution is -0.157. The van der Waals surface area contributed by atoms with E-state index in [2.05, 4.69) is 19.9 Å². The maximum Gasteiger partial charge on any atom is 0.146 e. The minimum Gasteiger partial charge on any atom is -0.393 e. The molecule has 3 saturated carbocycles. The number of hydrogen-bond acceptors (Lipinski definition) is 3. The second kappa shape index (κ2) is 5.02. The molecule has 4 aliphatic carbocycles. The van der Waals surface area contributed by atoms with Gasteiger partial charge in [0.15, 0.2) is 0 Å². The van der Waals surface area contributed by atoms with Crippen LogP contribution in [0.3, 0.4) is 0 Å². The molecule has 0 amide bonds. The fraction of sp³-hybridized carbons (Fsp3) is 0.800. The van der Waals surface area contributed by atoms with E-state index in [1.54, 1.807) is 0 Å². The molecule has 0 aromatic heterocycles. The minimum absolute atomic E-state index is 0.0600. The van der Waals surface area contributed by atoms with E-state index in [9.17, 15) is 14.7 Å². The van der Waals surface area contributed by atoms with Gasteiger partial charge < -0.3 is 5.11 Å². The van der Waals surface area contributed by atoms with Crippen LogP contribution < -0.4 is 0 Å². The summed E-state index contributed by atoms with van der Waals surface area (Å²) in [5.41, 5.74) is 0.697. The topological polar surface area (TPSA) is 54.4 Å². The molecule has 126 valence electrons. The van der Waals surface area contributed by atoms with Gasteiger partial charge in [0.2, 0.25) is 0 Å². The summed E-state index contributed by atoms with van der Waals surface area (Å²) in [5.74, 6) is 1.89. The normalized spacial score (nSPS) is 52.2. The third-order valence-corrected chi connectivity index (χ3v) is 8.09. The van der Waals surface area contributed by atoms with Crippen LogP contribution in [0.4, 0.5) is 0 Å². The number of fused-ring (bicyclic) bond motifs is 5. The van der Waals surface area contributed by atoms with Crippen molar-refractivity contribution in [3.05, 3.63) is 11.6 Å². The van der Waals surface area contributed by atoms with Crippen LogP contribution in [0.15, 0.2) is 11.6 Å². The number of allylic oxidation sites excluding steroid dienone is 2. The number of aliphatic hydroxyl groups excluding tert-OH is 1. The Morgan fingerprint density at radius 1 is 1.26 bits per heavy atom. The van der Waals surface area contributed by atoms with E-state index in [4.69, 9.17) is 0 Å². The van der Waals surface area contributed by atoms with Crippen LogP contribution >= 0.6 is 0 Å². The van der Waals surface area contributed by atoms with E-state index in [-0.39, 0.29) is 22.9 Å². The zero-order valence-electron chi connectivity index (χ0n) is 14.3. The Kier molecular flexibility index (Phi) is 3.39. The predicted molar refractivity (Wildman–Crippen MR) is 87.7 cm³/mol. The fourth-order valence-electron chi connectivity index (χ4n) is 6.84. The molecule has 0 saturated heterocycles. The second-order valence-corrected chi connectivity index (χ2v) is 9.03. The molecule has 0 bridgehead atoms. The van der Waals surface area contributed by atoms with Crippen molar-refractivity contribution in [1.29, 1.82) is 0 Å². The summed E-state index contributed by atoms with van der Waals surface area (Å²) >= 11 is 0. The van der Waals surface area contributed by atoms with Gasteiger partial charge >= 0.3 is 0 Å². The Bertz CT molecular complexity index is 579. The SMILES string of the molecule is C[C@]12CC[C@@H](O)C[C@@H]1CC[C@@H]1[C@@H]2C(=O)C[C@]2(C)C(C=O)=CC[C@@H]12. The first-order valence-electron chi connectivity index (χ1n) is 9.27. The van der Waals surface area contributed by atoms with Gasteiger partial charge in [-0.2, -0.15) is 0 Å². The van der Waals surface area contributed by atoms with E-state index in [1.807, 2.05) is 0 Å². The van der Waals surface area contributed by atoms with Crippen molar-refractivity contribution in [3.63, 3.8) is 0 Å². The summed E-state index contributed by atoms with van der Waals surface area (Å²) < 4.78 is 0. The summed E-state index contributed by atoms with van der Waals surface area (Å²) in [4.78, 5) is 24.6. The first kappa shape index (κ1) is 15.6. The molecular formula is C20H28O3. The number of hydrogen-bond donors (Lipinski definition) is 1. The molecule has 0 radical (unpaired) electrons. The minimum atomic E-state index is -0.225. The lowest BCUT2D eigenvalue weighted by atomic mass is 9.44. The van der Waals surface area contributed by atoms with Gasteiger partial charge in [0.05, 0.1) is 6.10 Å². The molecule has 0 unspecified atom stereocenters. The largest absolute Gasteiger partial charge is 0.393 e. The number of carbonyl (C=O) groups excluding carboxylic acids is 2. The molecule has 3 nitrogen and oxygen atoms in total. The van der Waals surface area contributed by atoms with Crippen molar-refractivity contribution < 1.29 is 14.7 Å². The van der Waals surface area contributed by atoms with Gasteiger partial charge in [-0.15, -0.1) is 0 Å². The van der Waals surface area contributed by atoms with Crippen molar-refractivity contribution in [2.75, 3.05) is 0 Å². The average Bonchev–Trinajstić information content (AvgIpc) is 2.83. The molecule has 0 spiro atoms. The Labute approximate surface area is 138 Å². The van der Waals surface area contributed by atoms with Crippen molar-refractivity contribution in [2.24, 2.45) is 34.5 Å². The van der Waals surface area contributed by atoms with Crippen LogP contribution in [0.25, 0.3) is 0 Å². The van der Waals surface area contributed by atoms with Gasteiger partial charge in [-0.3, -0.25) is 9.59 Å². The van der Waals surface area contributed by atoms with Crippen molar-refractivity contribution in [3.8, 4) is 0 Å². The maximum absolute atomic E-state index is 13.2. The van der Waals surface area contributed by atoms with Crippen LogP contribution in [0.2, 0.25) is 0 Å². The van der Waals surface area contributed by atoms with Gasteiger partial charge in [-0.1, -0.05) is 19.9 Å². The number of carbonyl (C=O) groups is 2. The lowest BCUT2D eigenvalue weighted by Crippen LogP contribution is -2.57. The van der Waals surface area contributed by atoms with E-state index in [0.29, 0.717) is 30.0 Å². The van der Waals surface area contributed by atoms with E-state index < -0.39 is 0 Å². The van der Waals surface area contributed by atoms with Gasteiger partial charge in [0.25, 0.3) is 0 Å². The zero-order chi connectivity index (χ0) is 16.4. The molecule has 3 fully saturated rings. The molecule has 7 atom stereocenters. The number of Topliss-reactive ketones (excluding diaryl/α,β-unsaturated/α-hetero) is 1. The summed E-state index contributed by atoms with van der Waals surface area (Å²) in [6.45, 7) is 4.45. The van der Waals surface area contributed by atoms with Crippen LogP contribution in [0.5, 0.6) is 0 Å². The van der Waals surface area contributed by atoms with Crippen LogP contribution in [-0.2, 0) is 9.59 Å². The third kappa shape index (κ3) is 1.98. The van der Waals surface area contributed by atoms with Gasteiger partial charge in [-0.25, -0.2) is 0 Å². The van der Waals surface area contributed by atoms with Gasteiger partial charge in [0, 0.05) is 17.8 Å². The predicted octanol–water partition coefficient (Wildman–Crippen LogP) is 3.30. The van der Waals surface area contributed by atoms with Crippen molar-refractivity contribution in [2.45, 2.75) is 64.9 Å². The van der Waals surface area contributed by atoms with Crippen LogP contribution in [-0.4, -0.2) is 23.3 Å². The molecule has 0 aliphatic heterocycles. The lowest BCUT2D eigenvalue weighted by Gasteiger charge is -2.59. The number of aldehydes is 1. The highest BCUT2D eigenvalue weighted by Crippen LogP contribution is 2.64. The second-order valence-electron chi connectivity index (χ2n) is 9.03. The molecule has 1 N–H and O–H groups in total. The Morgan fingerprint density at radius 2 is 2.04 bits per heavy atom. The highest BCUT2D eigenvalue weighted by atomic mass is 16.3. The highest BCUT2D eigenvalue weighted by molar-refractivity contribution is 5.88. The Morgan fingerprint density at radius 3 is 2.78 bits per heavy atom. The van der Waals surface area contributed by atoms with E-state index >= 15 is 0 Å². The standard InChI is InChI=1S/C20H28O3/c1-19-8-7-14(22)9-12(19)3-5-15-16-6-4-13(11-21)20(16,2)10-17(23)18(15)19/h4,11-12,14-16,18,22H,3,5-10H2,1-2H3/t12-,14+,15-,16-,18+,19-,20+/m0/s1. The smallest absolute Gasteiger partial charge is 0.146 e. The molecule has 4 rings (SSSR count). The monoisotopic (exact) mass is 316 g/mol. The van der Waals surface area contributed by atoms with Gasteiger partial charge in [-0.05, 0) is 67.3 Å². The van der Waals surface area contributed by atoms with Gasteiger partial charge in [0.1, 0.15) is 12.1 Å². The number of rotatable bonds is 1. The first-order chi connectivity index (χ1) is 10.9. The maximum atomic E-state index is 13.2. The number of ketones is 1. The molecule has 0 heterocycles. The zero-order valence-corrected chi connectivity index (χ0v) is 14.3. The summed E-state index contributed by atoms with van der Waals surface area (Å²) in [7, 11) is 0.